The first-order valence-corrected chi connectivity index (χ1v) is 6.89. The summed E-state index contributed by atoms with van der Waals surface area (Å²) < 4.78 is 10.6. The van der Waals surface area contributed by atoms with Crippen molar-refractivity contribution in [2.24, 2.45) is 0 Å². The van der Waals surface area contributed by atoms with E-state index in [0.29, 0.717) is 5.92 Å². The molecular weight excluding hydrogens is 216 g/mol. The van der Waals surface area contributed by atoms with E-state index >= 15 is 0 Å². The number of hydrogen-bond donors (Lipinski definition) is 0. The van der Waals surface area contributed by atoms with Crippen LogP contribution in [-0.4, -0.2) is 23.5 Å². The third-order valence-electron chi connectivity index (χ3n) is 2.67. The fourth-order valence-electron chi connectivity index (χ4n) is 1.58. The summed E-state index contributed by atoms with van der Waals surface area (Å²) in [5.41, 5.74) is 2.47. The van der Waals surface area contributed by atoms with E-state index < -0.39 is 9.28 Å². The molecule has 1 unspecified atom stereocenters. The summed E-state index contributed by atoms with van der Waals surface area (Å²) >= 11 is 0. The van der Waals surface area contributed by atoms with E-state index in [1.54, 1.807) is 14.2 Å². The summed E-state index contributed by atoms with van der Waals surface area (Å²) in [6, 6.07) is 9.43. The maximum absolute atomic E-state index is 5.30. The molecule has 1 aromatic rings. The average Bonchev–Trinajstić information content (AvgIpc) is 2.35. The van der Waals surface area contributed by atoms with Crippen molar-refractivity contribution in [2.45, 2.75) is 18.9 Å². The normalized spacial score (nSPS) is 12.8. The van der Waals surface area contributed by atoms with Crippen LogP contribution in [0.1, 0.15) is 24.0 Å². The van der Waals surface area contributed by atoms with Gasteiger partial charge in [-0.2, -0.15) is 0 Å². The standard InChI is InChI=1S/C13H19O2Si/c1-5-12-6-8-13(9-7-12)11(2)10-16(14-3)15-4/h5-9,11H,1,10H2,2-4H3. The van der Waals surface area contributed by atoms with Crippen LogP contribution >= 0.6 is 0 Å². The van der Waals surface area contributed by atoms with Gasteiger partial charge in [0.05, 0.1) is 0 Å². The zero-order chi connectivity index (χ0) is 12.0. The molecule has 0 heterocycles. The van der Waals surface area contributed by atoms with Crippen molar-refractivity contribution in [1.29, 1.82) is 0 Å². The molecule has 0 aliphatic rings. The molecule has 0 spiro atoms. The Labute approximate surface area is 99.7 Å². The lowest BCUT2D eigenvalue weighted by Gasteiger charge is -2.15. The summed E-state index contributed by atoms with van der Waals surface area (Å²) in [7, 11) is 2.32. The second kappa shape index (κ2) is 6.63. The van der Waals surface area contributed by atoms with E-state index in [-0.39, 0.29) is 0 Å². The van der Waals surface area contributed by atoms with Crippen LogP contribution in [0, 0.1) is 0 Å². The largest absolute Gasteiger partial charge is 0.397 e. The van der Waals surface area contributed by atoms with Gasteiger partial charge in [0.25, 0.3) is 0 Å². The van der Waals surface area contributed by atoms with Crippen molar-refractivity contribution < 1.29 is 8.85 Å². The first-order chi connectivity index (χ1) is 7.71. The van der Waals surface area contributed by atoms with Gasteiger partial charge in [0.1, 0.15) is 0 Å². The van der Waals surface area contributed by atoms with Crippen molar-refractivity contribution >= 4 is 15.4 Å². The molecule has 0 aliphatic heterocycles. The quantitative estimate of drug-likeness (QED) is 0.705. The minimum absolute atomic E-state index is 0.465. The molecule has 0 fully saturated rings. The third kappa shape index (κ3) is 3.59. The molecule has 87 valence electrons. The molecule has 2 nitrogen and oxygen atoms in total. The SMILES string of the molecule is C=Cc1ccc(C(C)C[Si](OC)OC)cc1. The van der Waals surface area contributed by atoms with E-state index in [1.807, 2.05) is 6.08 Å². The van der Waals surface area contributed by atoms with Crippen LogP contribution in [0.2, 0.25) is 6.04 Å². The molecule has 1 aromatic carbocycles. The Morgan fingerprint density at radius 3 is 2.25 bits per heavy atom. The Kier molecular flexibility index (Phi) is 5.45. The monoisotopic (exact) mass is 235 g/mol. The molecule has 16 heavy (non-hydrogen) atoms. The number of hydrogen-bond acceptors (Lipinski definition) is 2. The van der Waals surface area contributed by atoms with Crippen molar-refractivity contribution in [3.63, 3.8) is 0 Å². The Hall–Kier alpha value is -0.903. The number of rotatable bonds is 6. The van der Waals surface area contributed by atoms with E-state index in [2.05, 4.69) is 37.8 Å². The summed E-state index contributed by atoms with van der Waals surface area (Å²) in [6.07, 6.45) is 1.86. The van der Waals surface area contributed by atoms with Gasteiger partial charge in [-0.25, -0.2) is 0 Å². The summed E-state index contributed by atoms with van der Waals surface area (Å²) in [6.45, 7) is 5.95. The van der Waals surface area contributed by atoms with Gasteiger partial charge in [-0.1, -0.05) is 43.8 Å². The molecular formula is C13H19O2Si. The van der Waals surface area contributed by atoms with Crippen LogP contribution in [0.3, 0.4) is 0 Å². The lowest BCUT2D eigenvalue weighted by atomic mass is 10.0. The molecule has 0 aromatic heterocycles. The molecule has 0 bridgehead atoms. The van der Waals surface area contributed by atoms with Gasteiger partial charge < -0.3 is 8.85 Å². The number of benzene rings is 1. The van der Waals surface area contributed by atoms with Crippen molar-refractivity contribution in [3.05, 3.63) is 42.0 Å². The Morgan fingerprint density at radius 2 is 1.81 bits per heavy atom. The van der Waals surface area contributed by atoms with Crippen LogP contribution in [0.15, 0.2) is 30.8 Å². The first kappa shape index (κ1) is 13.2. The minimum Gasteiger partial charge on any atom is -0.397 e. The van der Waals surface area contributed by atoms with Gasteiger partial charge >= 0.3 is 9.28 Å². The molecule has 1 atom stereocenters. The second-order valence-corrected chi connectivity index (χ2v) is 5.72. The third-order valence-corrected chi connectivity index (χ3v) is 4.53. The molecule has 0 N–H and O–H groups in total. The van der Waals surface area contributed by atoms with E-state index in [4.69, 9.17) is 8.85 Å². The summed E-state index contributed by atoms with van der Waals surface area (Å²) in [5.74, 6) is 0.465. The topological polar surface area (TPSA) is 18.5 Å². The van der Waals surface area contributed by atoms with E-state index in [0.717, 1.165) is 11.6 Å². The smallest absolute Gasteiger partial charge is 0.384 e. The fraction of sp³-hybridized carbons (Fsp3) is 0.385. The predicted octanol–water partition coefficient (Wildman–Crippen LogP) is 3.21. The van der Waals surface area contributed by atoms with E-state index in [1.165, 1.54) is 5.56 Å². The molecule has 0 saturated carbocycles. The highest BCUT2D eigenvalue weighted by atomic mass is 28.3. The van der Waals surface area contributed by atoms with Crippen LogP contribution in [0.5, 0.6) is 0 Å². The highest BCUT2D eigenvalue weighted by Crippen LogP contribution is 2.22. The van der Waals surface area contributed by atoms with Gasteiger partial charge in [-0.15, -0.1) is 0 Å². The van der Waals surface area contributed by atoms with Crippen LogP contribution in [0.25, 0.3) is 6.08 Å². The first-order valence-electron chi connectivity index (χ1n) is 5.37. The highest BCUT2D eigenvalue weighted by molar-refractivity contribution is 6.44. The molecule has 0 amide bonds. The molecule has 1 radical (unpaired) electrons. The lowest BCUT2D eigenvalue weighted by Crippen LogP contribution is -2.21. The van der Waals surface area contributed by atoms with Crippen molar-refractivity contribution in [3.8, 4) is 0 Å². The summed E-state index contributed by atoms with van der Waals surface area (Å²) in [5, 5.41) is 0. The zero-order valence-electron chi connectivity index (χ0n) is 10.2. The predicted molar refractivity (Wildman–Crippen MR) is 69.5 cm³/mol. The Bertz CT molecular complexity index is 317. The zero-order valence-corrected chi connectivity index (χ0v) is 11.2. The highest BCUT2D eigenvalue weighted by Gasteiger charge is 2.17. The molecule has 3 heteroatoms. The van der Waals surface area contributed by atoms with Crippen LogP contribution in [-0.2, 0) is 8.85 Å². The van der Waals surface area contributed by atoms with Gasteiger partial charge in [0, 0.05) is 14.2 Å². The Morgan fingerprint density at radius 1 is 1.25 bits per heavy atom. The lowest BCUT2D eigenvalue weighted by molar-refractivity contribution is 0.275. The van der Waals surface area contributed by atoms with Crippen molar-refractivity contribution in [1.82, 2.24) is 0 Å². The Balaban J connectivity index is 2.64. The van der Waals surface area contributed by atoms with Crippen LogP contribution in [0.4, 0.5) is 0 Å². The molecule has 0 aliphatic carbocycles. The minimum atomic E-state index is -1.11. The molecule has 0 saturated heterocycles. The van der Waals surface area contributed by atoms with E-state index in [9.17, 15) is 0 Å². The van der Waals surface area contributed by atoms with Gasteiger partial charge in [-0.05, 0) is 23.1 Å². The maximum atomic E-state index is 5.30. The van der Waals surface area contributed by atoms with Gasteiger partial charge in [-0.3, -0.25) is 0 Å². The second-order valence-electron chi connectivity index (χ2n) is 3.76. The fourth-order valence-corrected chi connectivity index (χ4v) is 2.81. The van der Waals surface area contributed by atoms with Crippen LogP contribution < -0.4 is 0 Å². The molecule has 1 rings (SSSR count). The van der Waals surface area contributed by atoms with Crippen molar-refractivity contribution in [2.75, 3.05) is 14.2 Å². The van der Waals surface area contributed by atoms with Gasteiger partial charge in [0.2, 0.25) is 0 Å². The maximum Gasteiger partial charge on any atom is 0.384 e. The van der Waals surface area contributed by atoms with Gasteiger partial charge in [0.15, 0.2) is 0 Å². The average molecular weight is 235 g/mol. The summed E-state index contributed by atoms with van der Waals surface area (Å²) in [4.78, 5) is 0.